The van der Waals surface area contributed by atoms with Gasteiger partial charge in [-0.15, -0.1) is 0 Å². The highest BCUT2D eigenvalue weighted by molar-refractivity contribution is 5.85. The van der Waals surface area contributed by atoms with Crippen LogP contribution in [0.15, 0.2) is 23.7 Å². The summed E-state index contributed by atoms with van der Waals surface area (Å²) in [4.78, 5) is 16.0. The van der Waals surface area contributed by atoms with Crippen molar-refractivity contribution in [2.45, 2.75) is 0 Å². The van der Waals surface area contributed by atoms with Crippen LogP contribution in [0.4, 0.5) is 17.1 Å². The van der Waals surface area contributed by atoms with Crippen LogP contribution >= 0.6 is 0 Å². The Morgan fingerprint density at radius 3 is 2.35 bits per heavy atom. The fourth-order valence-electron chi connectivity index (χ4n) is 1.95. The molecule has 2 N–H and O–H groups in total. The van der Waals surface area contributed by atoms with Crippen LogP contribution in [0.5, 0.6) is 0 Å². The van der Waals surface area contributed by atoms with E-state index in [0.717, 1.165) is 0 Å². The molecule has 0 spiro atoms. The fourth-order valence-corrected chi connectivity index (χ4v) is 1.95. The first-order valence-corrected chi connectivity index (χ1v) is 5.97. The molecule has 20 heavy (non-hydrogen) atoms. The third-order valence-electron chi connectivity index (χ3n) is 2.79. The van der Waals surface area contributed by atoms with Crippen molar-refractivity contribution in [3.8, 4) is 0 Å². The Balaban J connectivity index is 3.54. The zero-order valence-corrected chi connectivity index (χ0v) is 11.0. The van der Waals surface area contributed by atoms with Crippen molar-refractivity contribution in [3.63, 3.8) is 0 Å². The van der Waals surface area contributed by atoms with Crippen LogP contribution < -0.4 is 4.90 Å². The summed E-state index contributed by atoms with van der Waals surface area (Å²) in [6.07, 6.45) is 1.52. The van der Waals surface area contributed by atoms with Crippen molar-refractivity contribution in [3.05, 3.63) is 34.4 Å². The number of benzene rings is 1. The van der Waals surface area contributed by atoms with E-state index in [1.165, 1.54) is 23.1 Å². The highest BCUT2D eigenvalue weighted by atomic mass is 16.6. The van der Waals surface area contributed by atoms with Crippen molar-refractivity contribution < 1.29 is 15.1 Å². The number of aliphatic hydroxyl groups is 2. The molecule has 0 saturated heterocycles. The van der Waals surface area contributed by atoms with Gasteiger partial charge in [0, 0.05) is 24.7 Å². The van der Waals surface area contributed by atoms with Gasteiger partial charge in [0.1, 0.15) is 5.69 Å². The minimum atomic E-state index is -0.529. The number of hydrogen-bond donors (Lipinski definition) is 2. The Kier molecular flexibility index (Phi) is 5.82. The topological polar surface area (TPSA) is 99.2 Å². The molecule has 1 rings (SSSR count). The molecule has 0 unspecified atom stereocenters. The lowest BCUT2D eigenvalue weighted by Crippen LogP contribution is -2.30. The smallest absolute Gasteiger partial charge is 0.294 e. The van der Waals surface area contributed by atoms with Crippen LogP contribution in [0, 0.1) is 10.1 Å². The Morgan fingerprint density at radius 2 is 1.95 bits per heavy atom. The van der Waals surface area contributed by atoms with Crippen molar-refractivity contribution in [1.29, 1.82) is 0 Å². The van der Waals surface area contributed by atoms with E-state index in [1.807, 2.05) is 0 Å². The molecule has 0 aromatic heterocycles. The second-order valence-electron chi connectivity index (χ2n) is 3.92. The molecule has 0 radical (unpaired) electrons. The van der Waals surface area contributed by atoms with Gasteiger partial charge in [0.15, 0.2) is 0 Å². The average molecular weight is 279 g/mol. The van der Waals surface area contributed by atoms with Gasteiger partial charge in [-0.2, -0.15) is 0 Å². The van der Waals surface area contributed by atoms with Gasteiger partial charge in [-0.3, -0.25) is 15.1 Å². The molecule has 0 heterocycles. The number of nitro benzene ring substituents is 1. The molecular weight excluding hydrogens is 262 g/mol. The van der Waals surface area contributed by atoms with Crippen LogP contribution in [-0.2, 0) is 0 Å². The van der Waals surface area contributed by atoms with E-state index in [4.69, 9.17) is 10.2 Å². The van der Waals surface area contributed by atoms with E-state index in [0.29, 0.717) is 11.3 Å². The summed E-state index contributed by atoms with van der Waals surface area (Å²) in [5.74, 6) is 0. The maximum atomic E-state index is 11.2. The normalized spacial score (nSPS) is 10.1. The predicted octanol–water partition coefficient (Wildman–Crippen LogP) is 1.36. The average Bonchev–Trinajstić information content (AvgIpc) is 2.45. The lowest BCUT2D eigenvalue weighted by Gasteiger charge is -2.24. The van der Waals surface area contributed by atoms with Crippen LogP contribution in [0.2, 0.25) is 0 Å². The van der Waals surface area contributed by atoms with Gasteiger partial charge < -0.3 is 15.1 Å². The maximum absolute atomic E-state index is 11.2. The SMILES string of the molecule is C=Cc1ccc([N+](=O)[O-])c(N(CCO)CCO)c1N=C. The van der Waals surface area contributed by atoms with E-state index in [9.17, 15) is 10.1 Å². The molecule has 0 aliphatic carbocycles. The Hall–Kier alpha value is -2.25. The zero-order chi connectivity index (χ0) is 15.1. The summed E-state index contributed by atoms with van der Waals surface area (Å²) in [6.45, 7) is 6.94. The lowest BCUT2D eigenvalue weighted by molar-refractivity contribution is -0.384. The van der Waals surface area contributed by atoms with Crippen molar-refractivity contribution in [2.24, 2.45) is 4.99 Å². The number of nitro groups is 1. The molecule has 1 aromatic carbocycles. The van der Waals surface area contributed by atoms with Crippen molar-refractivity contribution in [1.82, 2.24) is 0 Å². The van der Waals surface area contributed by atoms with E-state index in [-0.39, 0.29) is 37.7 Å². The van der Waals surface area contributed by atoms with E-state index >= 15 is 0 Å². The highest BCUT2D eigenvalue weighted by Gasteiger charge is 2.24. The van der Waals surface area contributed by atoms with Crippen molar-refractivity contribution >= 4 is 29.9 Å². The van der Waals surface area contributed by atoms with Crippen LogP contribution in [0.25, 0.3) is 6.08 Å². The molecule has 1 aromatic rings. The quantitative estimate of drug-likeness (QED) is 0.425. The molecule has 0 amide bonds. The third kappa shape index (κ3) is 3.19. The Morgan fingerprint density at radius 1 is 1.35 bits per heavy atom. The maximum Gasteiger partial charge on any atom is 0.294 e. The molecule has 7 heteroatoms. The minimum absolute atomic E-state index is 0.143. The number of anilines is 1. The summed E-state index contributed by atoms with van der Waals surface area (Å²) >= 11 is 0. The Bertz CT molecular complexity index is 511. The lowest BCUT2D eigenvalue weighted by atomic mass is 10.1. The third-order valence-corrected chi connectivity index (χ3v) is 2.79. The van der Waals surface area contributed by atoms with E-state index in [2.05, 4.69) is 18.3 Å². The molecule has 7 nitrogen and oxygen atoms in total. The number of hydrogen-bond acceptors (Lipinski definition) is 6. The van der Waals surface area contributed by atoms with Gasteiger partial charge in [0.2, 0.25) is 0 Å². The van der Waals surface area contributed by atoms with E-state index in [1.54, 1.807) is 0 Å². The monoisotopic (exact) mass is 279 g/mol. The summed E-state index contributed by atoms with van der Waals surface area (Å²) in [7, 11) is 0. The molecule has 0 atom stereocenters. The van der Waals surface area contributed by atoms with Gasteiger partial charge in [0.05, 0.1) is 23.8 Å². The largest absolute Gasteiger partial charge is 0.395 e. The van der Waals surface area contributed by atoms with Crippen LogP contribution in [-0.4, -0.2) is 48.2 Å². The molecule has 0 bridgehead atoms. The summed E-state index contributed by atoms with van der Waals surface area (Å²) < 4.78 is 0. The van der Waals surface area contributed by atoms with Crippen LogP contribution in [0.1, 0.15) is 5.56 Å². The number of nitrogens with zero attached hydrogens (tertiary/aromatic N) is 3. The summed E-state index contributed by atoms with van der Waals surface area (Å²) in [5, 5.41) is 29.3. The van der Waals surface area contributed by atoms with E-state index < -0.39 is 4.92 Å². The van der Waals surface area contributed by atoms with Gasteiger partial charge in [0.25, 0.3) is 5.69 Å². The second kappa shape index (κ2) is 7.37. The second-order valence-corrected chi connectivity index (χ2v) is 3.92. The number of rotatable bonds is 8. The minimum Gasteiger partial charge on any atom is -0.395 e. The fraction of sp³-hybridized carbons (Fsp3) is 0.308. The van der Waals surface area contributed by atoms with Gasteiger partial charge >= 0.3 is 0 Å². The molecule has 0 aliphatic heterocycles. The highest BCUT2D eigenvalue weighted by Crippen LogP contribution is 2.40. The van der Waals surface area contributed by atoms with Gasteiger partial charge in [-0.1, -0.05) is 12.7 Å². The summed E-state index contributed by atoms with van der Waals surface area (Å²) in [5.41, 5.74) is 0.989. The van der Waals surface area contributed by atoms with Crippen molar-refractivity contribution in [2.75, 3.05) is 31.2 Å². The Labute approximate surface area is 116 Å². The predicted molar refractivity (Wildman–Crippen MR) is 78.8 cm³/mol. The first kappa shape index (κ1) is 15.8. The molecule has 108 valence electrons. The zero-order valence-electron chi connectivity index (χ0n) is 11.0. The summed E-state index contributed by atoms with van der Waals surface area (Å²) in [6, 6.07) is 2.89. The van der Waals surface area contributed by atoms with Gasteiger partial charge in [-0.25, -0.2) is 0 Å². The number of aliphatic hydroxyl groups excluding tert-OH is 2. The first-order chi connectivity index (χ1) is 9.60. The first-order valence-electron chi connectivity index (χ1n) is 5.97. The number of aliphatic imine (C=N–C) groups is 1. The molecular formula is C13H17N3O4. The van der Waals surface area contributed by atoms with Crippen LogP contribution in [0.3, 0.4) is 0 Å². The molecule has 0 aliphatic rings. The molecule has 0 saturated carbocycles. The standard InChI is InChI=1S/C13H17N3O4/c1-3-10-4-5-11(16(19)20)13(12(10)14-2)15(6-8-17)7-9-18/h3-5,17-18H,1-2,6-9H2. The van der Waals surface area contributed by atoms with Gasteiger partial charge in [-0.05, 0) is 12.8 Å². The molecule has 0 fully saturated rings.